The summed E-state index contributed by atoms with van der Waals surface area (Å²) < 4.78 is 1.85. The van der Waals surface area contributed by atoms with Crippen LogP contribution < -0.4 is 0 Å². The van der Waals surface area contributed by atoms with Crippen LogP contribution in [0.15, 0.2) is 36.4 Å². The zero-order valence-corrected chi connectivity index (χ0v) is 9.47. The summed E-state index contributed by atoms with van der Waals surface area (Å²) in [5.74, 6) is 0.00406. The van der Waals surface area contributed by atoms with Gasteiger partial charge in [0.1, 0.15) is 5.69 Å². The fourth-order valence-electron chi connectivity index (χ4n) is 1.67. The van der Waals surface area contributed by atoms with Gasteiger partial charge in [-0.2, -0.15) is 5.10 Å². The standard InChI is InChI=1S/C13H14N2O/c1-3-15-13(9-12(14-15)10(2)16)11-7-5-4-6-8-11/h4-9H,3H2,1-2H3. The van der Waals surface area contributed by atoms with Crippen molar-refractivity contribution in [2.75, 3.05) is 0 Å². The van der Waals surface area contributed by atoms with Gasteiger partial charge in [0.25, 0.3) is 0 Å². The Labute approximate surface area is 94.7 Å². The summed E-state index contributed by atoms with van der Waals surface area (Å²) >= 11 is 0. The van der Waals surface area contributed by atoms with Crippen LogP contribution >= 0.6 is 0 Å². The third-order valence-electron chi connectivity index (χ3n) is 2.51. The molecule has 2 aromatic rings. The third kappa shape index (κ3) is 1.89. The number of aryl methyl sites for hydroxylation is 1. The fourth-order valence-corrected chi connectivity index (χ4v) is 1.67. The minimum Gasteiger partial charge on any atom is -0.293 e. The number of nitrogens with zero attached hydrogens (tertiary/aromatic N) is 2. The van der Waals surface area contributed by atoms with E-state index in [9.17, 15) is 4.79 Å². The number of Topliss-reactive ketones (excluding diaryl/α,β-unsaturated/α-hetero) is 1. The number of rotatable bonds is 3. The monoisotopic (exact) mass is 214 g/mol. The van der Waals surface area contributed by atoms with Crippen molar-refractivity contribution in [2.24, 2.45) is 0 Å². The van der Waals surface area contributed by atoms with Gasteiger partial charge in [-0.25, -0.2) is 0 Å². The van der Waals surface area contributed by atoms with E-state index in [1.54, 1.807) is 0 Å². The van der Waals surface area contributed by atoms with E-state index in [4.69, 9.17) is 0 Å². The first-order valence-electron chi connectivity index (χ1n) is 5.36. The van der Waals surface area contributed by atoms with Crippen LogP contribution in [0.2, 0.25) is 0 Å². The minimum atomic E-state index is 0.00406. The van der Waals surface area contributed by atoms with Gasteiger partial charge < -0.3 is 0 Å². The maximum atomic E-state index is 11.3. The molecule has 1 aromatic heterocycles. The fraction of sp³-hybridized carbons (Fsp3) is 0.231. The molecule has 0 saturated heterocycles. The number of ketones is 1. The van der Waals surface area contributed by atoms with Gasteiger partial charge in [-0.1, -0.05) is 30.3 Å². The second-order valence-corrected chi connectivity index (χ2v) is 3.65. The van der Waals surface area contributed by atoms with Crippen LogP contribution in [0.3, 0.4) is 0 Å². The summed E-state index contributed by atoms with van der Waals surface area (Å²) in [7, 11) is 0. The summed E-state index contributed by atoms with van der Waals surface area (Å²) in [6, 6.07) is 11.8. The van der Waals surface area contributed by atoms with E-state index in [-0.39, 0.29) is 5.78 Å². The Bertz CT molecular complexity index is 500. The van der Waals surface area contributed by atoms with Crippen molar-refractivity contribution in [3.8, 4) is 11.3 Å². The highest BCUT2D eigenvalue weighted by Crippen LogP contribution is 2.20. The summed E-state index contributed by atoms with van der Waals surface area (Å²) in [6.07, 6.45) is 0. The Morgan fingerprint density at radius 2 is 2.00 bits per heavy atom. The molecule has 0 atom stereocenters. The molecule has 1 aromatic carbocycles. The predicted octanol–water partition coefficient (Wildman–Crippen LogP) is 2.77. The van der Waals surface area contributed by atoms with E-state index < -0.39 is 0 Å². The first kappa shape index (κ1) is 10.6. The van der Waals surface area contributed by atoms with Crippen LogP contribution in [-0.4, -0.2) is 15.6 Å². The molecule has 1 heterocycles. The molecule has 0 saturated carbocycles. The van der Waals surface area contributed by atoms with Crippen LogP contribution in [0.5, 0.6) is 0 Å². The molecule has 0 aliphatic heterocycles. The lowest BCUT2D eigenvalue weighted by molar-refractivity contribution is 0.101. The molecule has 82 valence electrons. The average molecular weight is 214 g/mol. The molecule has 0 aliphatic rings. The van der Waals surface area contributed by atoms with Crippen LogP contribution in [0, 0.1) is 0 Å². The molecule has 0 radical (unpaired) electrons. The van der Waals surface area contributed by atoms with Crippen molar-refractivity contribution in [3.63, 3.8) is 0 Å². The van der Waals surface area contributed by atoms with Crippen LogP contribution in [0.1, 0.15) is 24.3 Å². The molecule has 2 rings (SSSR count). The molecule has 0 fully saturated rings. The van der Waals surface area contributed by atoms with Gasteiger partial charge in [-0.15, -0.1) is 0 Å². The van der Waals surface area contributed by atoms with Gasteiger partial charge in [0.05, 0.1) is 5.69 Å². The van der Waals surface area contributed by atoms with Crippen molar-refractivity contribution in [2.45, 2.75) is 20.4 Å². The SMILES string of the molecule is CCn1nc(C(C)=O)cc1-c1ccccc1. The summed E-state index contributed by atoms with van der Waals surface area (Å²) in [5.41, 5.74) is 2.61. The first-order chi connectivity index (χ1) is 7.72. The molecule has 0 unspecified atom stereocenters. The summed E-state index contributed by atoms with van der Waals surface area (Å²) in [5, 5.41) is 4.27. The number of benzene rings is 1. The van der Waals surface area contributed by atoms with Crippen molar-refractivity contribution >= 4 is 5.78 Å². The quantitative estimate of drug-likeness (QED) is 0.736. The third-order valence-corrected chi connectivity index (χ3v) is 2.51. The topological polar surface area (TPSA) is 34.9 Å². The Morgan fingerprint density at radius 3 is 2.56 bits per heavy atom. The largest absolute Gasteiger partial charge is 0.293 e. The van der Waals surface area contributed by atoms with E-state index in [1.165, 1.54) is 6.92 Å². The molecule has 16 heavy (non-hydrogen) atoms. The van der Waals surface area contributed by atoms with Gasteiger partial charge in [0.2, 0.25) is 0 Å². The maximum absolute atomic E-state index is 11.3. The highest BCUT2D eigenvalue weighted by Gasteiger charge is 2.10. The normalized spacial score (nSPS) is 10.4. The van der Waals surface area contributed by atoms with Gasteiger partial charge in [0.15, 0.2) is 5.78 Å². The number of carbonyl (C=O) groups is 1. The smallest absolute Gasteiger partial charge is 0.180 e. The number of hydrogen-bond acceptors (Lipinski definition) is 2. The molecule has 0 aliphatic carbocycles. The van der Waals surface area contributed by atoms with E-state index in [1.807, 2.05) is 48.0 Å². The van der Waals surface area contributed by atoms with Crippen molar-refractivity contribution in [3.05, 3.63) is 42.1 Å². The Kier molecular flexibility index (Phi) is 2.86. The Hall–Kier alpha value is -1.90. The van der Waals surface area contributed by atoms with Gasteiger partial charge in [0, 0.05) is 13.5 Å². The molecular weight excluding hydrogens is 200 g/mol. The van der Waals surface area contributed by atoms with Crippen LogP contribution in [-0.2, 0) is 6.54 Å². The second kappa shape index (κ2) is 4.31. The average Bonchev–Trinajstić information content (AvgIpc) is 2.74. The zero-order chi connectivity index (χ0) is 11.5. The Morgan fingerprint density at radius 1 is 1.31 bits per heavy atom. The van der Waals surface area contributed by atoms with E-state index in [0.29, 0.717) is 5.69 Å². The number of hydrogen-bond donors (Lipinski definition) is 0. The van der Waals surface area contributed by atoms with Crippen molar-refractivity contribution in [1.29, 1.82) is 0 Å². The van der Waals surface area contributed by atoms with Crippen LogP contribution in [0.25, 0.3) is 11.3 Å². The van der Waals surface area contributed by atoms with Gasteiger partial charge in [-0.3, -0.25) is 9.48 Å². The van der Waals surface area contributed by atoms with Crippen LogP contribution in [0.4, 0.5) is 0 Å². The van der Waals surface area contributed by atoms with E-state index in [2.05, 4.69) is 5.10 Å². The van der Waals surface area contributed by atoms with Gasteiger partial charge in [-0.05, 0) is 18.6 Å². The highest BCUT2D eigenvalue weighted by molar-refractivity contribution is 5.93. The van der Waals surface area contributed by atoms with E-state index in [0.717, 1.165) is 17.8 Å². The minimum absolute atomic E-state index is 0.00406. The molecule has 0 bridgehead atoms. The molecule has 0 amide bonds. The van der Waals surface area contributed by atoms with Gasteiger partial charge >= 0.3 is 0 Å². The molecule has 0 spiro atoms. The molecule has 3 heteroatoms. The van der Waals surface area contributed by atoms with Crippen molar-refractivity contribution < 1.29 is 4.79 Å². The zero-order valence-electron chi connectivity index (χ0n) is 9.47. The highest BCUT2D eigenvalue weighted by atomic mass is 16.1. The Balaban J connectivity index is 2.52. The molecule has 0 N–H and O–H groups in total. The predicted molar refractivity (Wildman–Crippen MR) is 63.3 cm³/mol. The summed E-state index contributed by atoms with van der Waals surface area (Å²) in [6.45, 7) is 4.32. The van der Waals surface area contributed by atoms with E-state index >= 15 is 0 Å². The molecule has 3 nitrogen and oxygen atoms in total. The maximum Gasteiger partial charge on any atom is 0.180 e. The number of carbonyl (C=O) groups excluding carboxylic acids is 1. The first-order valence-corrected chi connectivity index (χ1v) is 5.36. The lowest BCUT2D eigenvalue weighted by atomic mass is 10.1. The second-order valence-electron chi connectivity index (χ2n) is 3.65. The lowest BCUT2D eigenvalue weighted by Crippen LogP contribution is -2.01. The lowest BCUT2D eigenvalue weighted by Gasteiger charge is -2.03. The molecular formula is C13H14N2O. The summed E-state index contributed by atoms with van der Waals surface area (Å²) in [4.78, 5) is 11.3. The van der Waals surface area contributed by atoms with Crippen molar-refractivity contribution in [1.82, 2.24) is 9.78 Å². The number of aromatic nitrogens is 2.